The molecule has 2 aromatic carbocycles. The molecule has 0 amide bonds. The molecule has 4 saturated carbocycles. The maximum atomic E-state index is 14.1. The summed E-state index contributed by atoms with van der Waals surface area (Å²) in [5.74, 6) is 2.65. The quantitative estimate of drug-likeness (QED) is 0.121. The highest BCUT2D eigenvalue weighted by Crippen LogP contribution is 2.42. The second kappa shape index (κ2) is 19.0. The Balaban J connectivity index is 0.000000117. The molecular formula is C60H64BClN12O4. The first-order valence-electron chi connectivity index (χ1n) is 27.5. The van der Waals surface area contributed by atoms with Crippen LogP contribution >= 0.6 is 11.6 Å². The summed E-state index contributed by atoms with van der Waals surface area (Å²) in [6.45, 7) is 14.3. The number of nitrogens with zero attached hydrogens (tertiary/aromatic N) is 12. The standard InChI is InChI=1S/C27H26N6O.C19H18ClN5O.C14H20BNO2/c1-16-11-24-26(32(16)14-17-3-4-17)25(19-7-9-22(28-13-19)18-5-6-18)27(34)33(30-24)21-8-10-23-20(12-21)15-31(2)29-23;1-11-7-16-18(24(11)9-12-3-4-12)17(20)19(26)25(22-16)14-5-6-15-13(8-14)10-23(2)21-15;1-13(2)14(3,4)18-15(17-13)11-7-8-12(16-9-11)10-5-6-10/h7-13,15,17-18H,3-6,14H2,1-2H3;5-8,10,12H,3-4,9H2,1-2H3;7-10H,5-6H2,1-4H3. The zero-order chi connectivity index (χ0) is 53.9. The van der Waals surface area contributed by atoms with Gasteiger partial charge in [-0.2, -0.15) is 29.8 Å². The van der Waals surface area contributed by atoms with Gasteiger partial charge in [0.2, 0.25) is 0 Å². The number of pyridine rings is 2. The molecule has 9 heterocycles. The number of hydrogen-bond acceptors (Lipinski definition) is 10. The first kappa shape index (κ1) is 50.3. The number of benzene rings is 2. The monoisotopic (exact) mass is 1060 g/mol. The van der Waals surface area contributed by atoms with Gasteiger partial charge in [-0.05, 0) is 165 Å². The Morgan fingerprint density at radius 3 is 1.54 bits per heavy atom. The van der Waals surface area contributed by atoms with E-state index in [9.17, 15) is 9.59 Å². The lowest BCUT2D eigenvalue weighted by molar-refractivity contribution is 0.00578. The van der Waals surface area contributed by atoms with Gasteiger partial charge < -0.3 is 18.4 Å². The van der Waals surface area contributed by atoms with Crippen LogP contribution in [0.5, 0.6) is 0 Å². The molecule has 5 aliphatic rings. The Morgan fingerprint density at radius 1 is 0.577 bits per heavy atom. The van der Waals surface area contributed by atoms with Crippen molar-refractivity contribution in [2.75, 3.05) is 0 Å². The molecule has 8 aromatic heterocycles. The molecule has 0 unspecified atom stereocenters. The summed E-state index contributed by atoms with van der Waals surface area (Å²) in [5.41, 5.74) is 12.6. The minimum Gasteiger partial charge on any atom is -0.399 e. The third-order valence-corrected chi connectivity index (χ3v) is 16.9. The van der Waals surface area contributed by atoms with Crippen LogP contribution in [0.3, 0.4) is 0 Å². The van der Waals surface area contributed by atoms with Crippen LogP contribution in [0, 0.1) is 25.7 Å². The highest BCUT2D eigenvalue weighted by Gasteiger charge is 2.52. The number of fused-ring (bicyclic) bond motifs is 4. The van der Waals surface area contributed by atoms with Crippen LogP contribution < -0.4 is 16.6 Å². The average Bonchev–Trinajstić information content (AvgIpc) is 4.32. The molecule has 18 heteroatoms. The fraction of sp³-hybridized carbons (Fsp3) is 0.400. The zero-order valence-corrected chi connectivity index (χ0v) is 46.3. The Labute approximate surface area is 457 Å². The van der Waals surface area contributed by atoms with Gasteiger partial charge in [-0.15, -0.1) is 0 Å². The third kappa shape index (κ3) is 9.57. The van der Waals surface area contributed by atoms with Crippen LogP contribution in [0.15, 0.2) is 107 Å². The van der Waals surface area contributed by atoms with Crippen molar-refractivity contribution in [2.45, 2.75) is 129 Å². The highest BCUT2D eigenvalue weighted by atomic mass is 35.5. The maximum Gasteiger partial charge on any atom is 0.496 e. The molecule has 15 rings (SSSR count). The Kier molecular flexibility index (Phi) is 12.3. The smallest absolute Gasteiger partial charge is 0.399 e. The first-order chi connectivity index (χ1) is 37.4. The van der Waals surface area contributed by atoms with Crippen molar-refractivity contribution in [1.29, 1.82) is 0 Å². The molecule has 10 aromatic rings. The summed E-state index contributed by atoms with van der Waals surface area (Å²) in [4.78, 5) is 36.2. The van der Waals surface area contributed by atoms with Gasteiger partial charge in [0, 0.05) is 108 Å². The van der Waals surface area contributed by atoms with Crippen molar-refractivity contribution in [1.82, 2.24) is 58.2 Å². The van der Waals surface area contributed by atoms with E-state index in [0.717, 1.165) is 90.8 Å². The Bertz CT molecular complexity index is 4080. The summed E-state index contributed by atoms with van der Waals surface area (Å²) in [7, 11) is 3.48. The summed E-state index contributed by atoms with van der Waals surface area (Å²) in [6, 6.07) is 23.9. The van der Waals surface area contributed by atoms with E-state index in [1.165, 1.54) is 61.7 Å². The summed E-state index contributed by atoms with van der Waals surface area (Å²) < 4.78 is 22.9. The van der Waals surface area contributed by atoms with E-state index in [2.05, 4.69) is 94.4 Å². The van der Waals surface area contributed by atoms with E-state index in [1.807, 2.05) is 88.3 Å². The second-order valence-electron chi connectivity index (χ2n) is 23.5. The van der Waals surface area contributed by atoms with Crippen molar-refractivity contribution >= 4 is 68.1 Å². The number of halogens is 1. The lowest BCUT2D eigenvalue weighted by Crippen LogP contribution is -2.41. The zero-order valence-electron chi connectivity index (χ0n) is 45.6. The van der Waals surface area contributed by atoms with Crippen LogP contribution in [0.2, 0.25) is 5.02 Å². The van der Waals surface area contributed by atoms with Crippen LogP contribution in [0.25, 0.3) is 66.4 Å². The average molecular weight is 1060 g/mol. The molecule has 1 aliphatic heterocycles. The van der Waals surface area contributed by atoms with Gasteiger partial charge in [0.15, 0.2) is 0 Å². The van der Waals surface area contributed by atoms with Gasteiger partial charge >= 0.3 is 7.12 Å². The molecule has 16 nitrogen and oxygen atoms in total. The molecule has 398 valence electrons. The minimum atomic E-state index is -0.296. The molecule has 0 radical (unpaired) electrons. The molecule has 0 spiro atoms. The number of hydrogen-bond donors (Lipinski definition) is 0. The van der Waals surface area contributed by atoms with Crippen LogP contribution in [0.1, 0.15) is 114 Å². The van der Waals surface area contributed by atoms with Gasteiger partial charge in [0.1, 0.15) is 16.1 Å². The van der Waals surface area contributed by atoms with E-state index < -0.39 is 0 Å². The van der Waals surface area contributed by atoms with Crippen LogP contribution in [-0.4, -0.2) is 76.5 Å². The molecule has 1 saturated heterocycles. The first-order valence-corrected chi connectivity index (χ1v) is 27.9. The molecule has 0 N–H and O–H groups in total. The van der Waals surface area contributed by atoms with E-state index in [-0.39, 0.29) is 34.5 Å². The fourth-order valence-corrected chi connectivity index (χ4v) is 11.0. The predicted molar refractivity (Wildman–Crippen MR) is 306 cm³/mol. The molecule has 4 aliphatic carbocycles. The van der Waals surface area contributed by atoms with Crippen LogP contribution in [0.4, 0.5) is 0 Å². The van der Waals surface area contributed by atoms with E-state index in [4.69, 9.17) is 31.0 Å². The van der Waals surface area contributed by atoms with Crippen LogP contribution in [-0.2, 0) is 36.5 Å². The Morgan fingerprint density at radius 2 is 1.06 bits per heavy atom. The molecule has 78 heavy (non-hydrogen) atoms. The second-order valence-corrected chi connectivity index (χ2v) is 23.9. The maximum absolute atomic E-state index is 14.1. The van der Waals surface area contributed by atoms with E-state index in [0.29, 0.717) is 34.9 Å². The molecule has 0 bridgehead atoms. The lowest BCUT2D eigenvalue weighted by Gasteiger charge is -2.32. The number of rotatable bonds is 10. The van der Waals surface area contributed by atoms with Crippen molar-refractivity contribution in [2.24, 2.45) is 25.9 Å². The highest BCUT2D eigenvalue weighted by molar-refractivity contribution is 6.62. The van der Waals surface area contributed by atoms with Crippen molar-refractivity contribution in [3.05, 3.63) is 146 Å². The minimum absolute atomic E-state index is 0.119. The van der Waals surface area contributed by atoms with Gasteiger partial charge in [-0.3, -0.25) is 28.9 Å². The lowest BCUT2D eigenvalue weighted by atomic mass is 9.80. The largest absolute Gasteiger partial charge is 0.496 e. The molecule has 5 fully saturated rings. The molecule has 0 atom stereocenters. The van der Waals surface area contributed by atoms with E-state index >= 15 is 0 Å². The van der Waals surface area contributed by atoms with Crippen molar-refractivity contribution in [3.63, 3.8) is 0 Å². The summed E-state index contributed by atoms with van der Waals surface area (Å²) >= 11 is 6.52. The van der Waals surface area contributed by atoms with Crippen molar-refractivity contribution < 1.29 is 9.31 Å². The van der Waals surface area contributed by atoms with Gasteiger partial charge in [-0.25, -0.2) is 0 Å². The van der Waals surface area contributed by atoms with Crippen molar-refractivity contribution in [3.8, 4) is 22.5 Å². The topological polar surface area (TPSA) is 160 Å². The third-order valence-electron chi connectivity index (χ3n) is 16.6. The summed E-state index contributed by atoms with van der Waals surface area (Å²) in [6.07, 6.45) is 17.6. The van der Waals surface area contributed by atoms with Gasteiger partial charge in [0.05, 0.1) is 50.2 Å². The van der Waals surface area contributed by atoms with E-state index in [1.54, 1.807) is 14.0 Å². The predicted octanol–water partition coefficient (Wildman–Crippen LogP) is 10.4. The summed E-state index contributed by atoms with van der Waals surface area (Å²) in [5, 5.41) is 20.4. The van der Waals surface area contributed by atoms with Gasteiger partial charge in [-0.1, -0.05) is 23.7 Å². The Hall–Kier alpha value is -7.21. The van der Waals surface area contributed by atoms with Gasteiger partial charge in [0.25, 0.3) is 11.1 Å². The molecular weight excluding hydrogens is 999 g/mol. The SMILES string of the molecule is CC1(C)OB(c2ccc(C3CC3)nc2)OC1(C)C.Cc1cc2nn(-c3ccc4nn(C)cc4c3)c(=O)c(-c3ccc(C4CC4)nc3)c2n1CC1CC1.Cc1cc2nn(-c3ccc4nn(C)cc4c3)c(=O)c(Cl)c2n1CC1CC1. The normalized spacial score (nSPS) is 17.7. The number of aromatic nitrogens is 12. The number of aryl methyl sites for hydroxylation is 4. The fourth-order valence-electron chi connectivity index (χ4n) is 10.7.